The van der Waals surface area contributed by atoms with Crippen molar-refractivity contribution in [3.8, 4) is 16.9 Å². The van der Waals surface area contributed by atoms with Gasteiger partial charge in [-0.1, -0.05) is 44.5 Å². The van der Waals surface area contributed by atoms with Crippen molar-refractivity contribution in [2.24, 2.45) is 5.41 Å². The van der Waals surface area contributed by atoms with Crippen molar-refractivity contribution in [2.45, 2.75) is 106 Å². The Morgan fingerprint density at radius 1 is 1.00 bits per heavy atom. The average Bonchev–Trinajstić information content (AvgIpc) is 2.97. The van der Waals surface area contributed by atoms with Crippen LogP contribution in [0, 0.1) is 25.1 Å². The number of hydrogen-bond donors (Lipinski definition) is 0. The Balaban J connectivity index is 1.76. The zero-order valence-electron chi connectivity index (χ0n) is 28.6. The van der Waals surface area contributed by atoms with Crippen molar-refractivity contribution in [2.75, 3.05) is 24.6 Å². The monoisotopic (exact) mass is 618 g/mol. The van der Waals surface area contributed by atoms with E-state index in [9.17, 15) is 9.18 Å². The minimum Gasteiger partial charge on any atom is -0.493 e. The van der Waals surface area contributed by atoms with E-state index in [1.807, 2.05) is 60.6 Å². The van der Waals surface area contributed by atoms with E-state index < -0.39 is 17.7 Å². The highest BCUT2D eigenvalue weighted by molar-refractivity contribution is 5.88. The second-order valence-electron chi connectivity index (χ2n) is 13.9. The fraction of sp³-hybridized carbons (Fsp3) is 0.526. The zero-order valence-corrected chi connectivity index (χ0v) is 28.6. The van der Waals surface area contributed by atoms with E-state index in [1.165, 1.54) is 12.1 Å². The summed E-state index contributed by atoms with van der Waals surface area (Å²) in [5.74, 6) is 0.114. The van der Waals surface area contributed by atoms with E-state index in [1.54, 1.807) is 12.1 Å². The van der Waals surface area contributed by atoms with E-state index >= 15 is 0 Å². The summed E-state index contributed by atoms with van der Waals surface area (Å²) in [5.41, 5.74) is 6.15. The number of hydrogen-bond acceptors (Lipinski definition) is 6. The lowest BCUT2D eigenvalue weighted by Gasteiger charge is -2.42. The van der Waals surface area contributed by atoms with Gasteiger partial charge in [0.05, 0.1) is 24.0 Å². The van der Waals surface area contributed by atoms with Crippen LogP contribution < -0.4 is 9.64 Å². The maximum absolute atomic E-state index is 13.7. The normalized spacial score (nSPS) is 15.7. The van der Waals surface area contributed by atoms with Crippen molar-refractivity contribution in [3.63, 3.8) is 0 Å². The van der Waals surface area contributed by atoms with E-state index in [0.29, 0.717) is 18.4 Å². The number of halogens is 1. The summed E-state index contributed by atoms with van der Waals surface area (Å²) in [6.45, 7) is 20.5. The molecule has 0 saturated carbocycles. The van der Waals surface area contributed by atoms with Crippen LogP contribution in [0.25, 0.3) is 11.1 Å². The fourth-order valence-electron chi connectivity index (χ4n) is 5.98. The molecule has 0 N–H and O–H groups in total. The molecule has 1 aliphatic heterocycles. The molecule has 1 unspecified atom stereocenters. The summed E-state index contributed by atoms with van der Waals surface area (Å²) < 4.78 is 31.6. The predicted octanol–water partition coefficient (Wildman–Crippen LogP) is 8.95. The minimum atomic E-state index is -0.928. The molecule has 1 atom stereocenters. The Labute approximate surface area is 269 Å². The first-order valence-corrected chi connectivity index (χ1v) is 16.3. The number of ether oxygens (including phenoxy) is 3. The van der Waals surface area contributed by atoms with Gasteiger partial charge in [0.2, 0.25) is 0 Å². The summed E-state index contributed by atoms with van der Waals surface area (Å²) in [7, 11) is 0. The van der Waals surface area contributed by atoms with Gasteiger partial charge in [-0.25, -0.2) is 9.18 Å². The van der Waals surface area contributed by atoms with E-state index in [4.69, 9.17) is 19.2 Å². The molecule has 0 radical (unpaired) electrons. The van der Waals surface area contributed by atoms with Gasteiger partial charge in [0.25, 0.3) is 0 Å². The Kier molecular flexibility index (Phi) is 11.0. The summed E-state index contributed by atoms with van der Waals surface area (Å²) in [5, 5.41) is 0. The SMILES string of the molecule is CCC1(C)CCN(c2c(-c3ccc(OCCc4ccc(F)cc4)cc3)c(C)nc(C)c2C(OC(C)(C)C)C(=O)OC(C)C)CC1. The zero-order chi connectivity index (χ0) is 32.9. The Morgan fingerprint density at radius 2 is 1.62 bits per heavy atom. The molecule has 0 bridgehead atoms. The topological polar surface area (TPSA) is 60.9 Å². The summed E-state index contributed by atoms with van der Waals surface area (Å²) in [6.07, 6.45) is 2.73. The summed E-state index contributed by atoms with van der Waals surface area (Å²) in [6, 6.07) is 14.6. The first-order chi connectivity index (χ1) is 21.2. The number of piperidine rings is 1. The molecule has 0 spiro atoms. The van der Waals surface area contributed by atoms with Gasteiger partial charge in [-0.2, -0.15) is 0 Å². The highest BCUT2D eigenvalue weighted by Gasteiger charge is 2.38. The maximum atomic E-state index is 13.7. The second-order valence-corrected chi connectivity index (χ2v) is 13.9. The van der Waals surface area contributed by atoms with Crippen LogP contribution in [0.2, 0.25) is 0 Å². The van der Waals surface area contributed by atoms with Gasteiger partial charge in [0.15, 0.2) is 6.10 Å². The van der Waals surface area contributed by atoms with E-state index in [-0.39, 0.29) is 11.9 Å². The minimum absolute atomic E-state index is 0.240. The number of nitrogens with zero attached hydrogens (tertiary/aromatic N) is 2. The van der Waals surface area contributed by atoms with Crippen LogP contribution in [0.3, 0.4) is 0 Å². The molecular formula is C38H51FN2O4. The molecular weight excluding hydrogens is 567 g/mol. The van der Waals surface area contributed by atoms with Crippen LogP contribution in [0.15, 0.2) is 48.5 Å². The molecule has 0 amide bonds. The number of rotatable bonds is 11. The van der Waals surface area contributed by atoms with Crippen molar-refractivity contribution in [1.29, 1.82) is 0 Å². The molecule has 1 fully saturated rings. The van der Waals surface area contributed by atoms with Gasteiger partial charge < -0.3 is 19.1 Å². The van der Waals surface area contributed by atoms with Crippen LogP contribution in [0.4, 0.5) is 10.1 Å². The van der Waals surface area contributed by atoms with Gasteiger partial charge in [0.1, 0.15) is 11.6 Å². The number of anilines is 1. The largest absolute Gasteiger partial charge is 0.493 e. The molecule has 2 heterocycles. The van der Waals surface area contributed by atoms with Crippen molar-refractivity contribution >= 4 is 11.7 Å². The van der Waals surface area contributed by atoms with E-state index in [0.717, 1.165) is 77.4 Å². The van der Waals surface area contributed by atoms with E-state index in [2.05, 4.69) is 30.9 Å². The number of esters is 1. The van der Waals surface area contributed by atoms with Crippen LogP contribution in [0.5, 0.6) is 5.75 Å². The quantitative estimate of drug-likeness (QED) is 0.200. The fourth-order valence-corrected chi connectivity index (χ4v) is 5.98. The Bertz CT molecular complexity index is 1440. The molecule has 6 nitrogen and oxygen atoms in total. The Morgan fingerprint density at radius 3 is 2.18 bits per heavy atom. The molecule has 0 aliphatic carbocycles. The maximum Gasteiger partial charge on any atom is 0.340 e. The highest BCUT2D eigenvalue weighted by atomic mass is 19.1. The van der Waals surface area contributed by atoms with Gasteiger partial charge >= 0.3 is 5.97 Å². The molecule has 2 aromatic carbocycles. The third kappa shape index (κ3) is 8.84. The van der Waals surface area contributed by atoms with Gasteiger partial charge in [-0.3, -0.25) is 4.98 Å². The molecule has 1 aromatic heterocycles. The van der Waals surface area contributed by atoms with Crippen LogP contribution in [0.1, 0.15) is 96.3 Å². The van der Waals surface area contributed by atoms with Crippen LogP contribution >= 0.6 is 0 Å². The smallest absolute Gasteiger partial charge is 0.340 e. The average molecular weight is 619 g/mol. The first kappa shape index (κ1) is 34.4. The van der Waals surface area contributed by atoms with Crippen molar-refractivity contribution in [3.05, 3.63) is 76.9 Å². The summed E-state index contributed by atoms with van der Waals surface area (Å²) >= 11 is 0. The van der Waals surface area contributed by atoms with Crippen LogP contribution in [-0.2, 0) is 20.7 Å². The van der Waals surface area contributed by atoms with Gasteiger partial charge in [0, 0.05) is 42.0 Å². The molecule has 1 aliphatic rings. The van der Waals surface area contributed by atoms with Crippen LogP contribution in [-0.4, -0.2) is 42.4 Å². The first-order valence-electron chi connectivity index (χ1n) is 16.3. The molecule has 4 rings (SSSR count). The number of pyridine rings is 1. The molecule has 244 valence electrons. The van der Waals surface area contributed by atoms with Crippen molar-refractivity contribution in [1.82, 2.24) is 4.98 Å². The molecule has 45 heavy (non-hydrogen) atoms. The lowest BCUT2D eigenvalue weighted by Crippen LogP contribution is -2.40. The second kappa shape index (κ2) is 14.3. The number of carbonyl (C=O) groups is 1. The third-order valence-corrected chi connectivity index (χ3v) is 8.73. The van der Waals surface area contributed by atoms with Gasteiger partial charge in [-0.05, 0) is 102 Å². The lowest BCUT2D eigenvalue weighted by molar-refractivity contribution is -0.171. The Hall–Kier alpha value is -3.45. The molecule has 1 saturated heterocycles. The van der Waals surface area contributed by atoms with Crippen molar-refractivity contribution < 1.29 is 23.4 Å². The number of benzene rings is 2. The third-order valence-electron chi connectivity index (χ3n) is 8.73. The molecule has 3 aromatic rings. The number of aromatic nitrogens is 1. The number of carbonyl (C=O) groups excluding carboxylic acids is 1. The summed E-state index contributed by atoms with van der Waals surface area (Å²) in [4.78, 5) is 21.2. The predicted molar refractivity (Wildman–Crippen MR) is 179 cm³/mol. The lowest BCUT2D eigenvalue weighted by atomic mass is 9.77. The van der Waals surface area contributed by atoms with Gasteiger partial charge in [-0.15, -0.1) is 0 Å². The highest BCUT2D eigenvalue weighted by Crippen LogP contribution is 2.46. The standard InChI is InChI=1S/C38H51FN2O4/c1-10-38(9)20-22-41(23-21-38)34-32(29-13-17-31(18-14-29)43-24-19-28-11-15-30(39)16-12-28)26(4)40-27(5)33(34)35(45-37(6,7)8)36(42)44-25(2)3/h11-18,25,35H,10,19-24H2,1-9H3. The molecule has 7 heteroatoms. The number of aryl methyl sites for hydroxylation is 2.